The van der Waals surface area contributed by atoms with Crippen LogP contribution in [0.2, 0.25) is 0 Å². The summed E-state index contributed by atoms with van der Waals surface area (Å²) in [6.45, 7) is 2.16. The molecule has 6 nitrogen and oxygen atoms in total. The van der Waals surface area contributed by atoms with Crippen LogP contribution >= 0.6 is 12.3 Å². The van der Waals surface area contributed by atoms with Crippen LogP contribution in [0.5, 0.6) is 11.5 Å². The summed E-state index contributed by atoms with van der Waals surface area (Å²) in [5.74, 6) is 0.957. The second kappa shape index (κ2) is 6.34. The van der Waals surface area contributed by atoms with E-state index in [1.807, 2.05) is 12.1 Å². The van der Waals surface area contributed by atoms with E-state index in [4.69, 9.17) is 9.44 Å². The molecule has 2 aromatic rings. The van der Waals surface area contributed by atoms with Crippen LogP contribution in [0.3, 0.4) is 0 Å². The number of aliphatic hydroxyl groups excluding tert-OH is 1. The van der Waals surface area contributed by atoms with E-state index in [9.17, 15) is 10.2 Å². The Labute approximate surface area is 149 Å². The molecule has 0 aromatic heterocycles. The van der Waals surface area contributed by atoms with Gasteiger partial charge in [-0.1, -0.05) is 22.4 Å². The summed E-state index contributed by atoms with van der Waals surface area (Å²) in [4.78, 5) is 0. The lowest BCUT2D eigenvalue weighted by atomic mass is 9.65. The predicted octanol–water partition coefficient (Wildman–Crippen LogP) is 4.10. The summed E-state index contributed by atoms with van der Waals surface area (Å²) >= 11 is 0.480. The van der Waals surface area contributed by atoms with Crippen LogP contribution in [0, 0.1) is 5.41 Å². The quantitative estimate of drug-likeness (QED) is 0.326. The molecule has 3 N–H and O–H groups in total. The SMILES string of the molecule is CC12CCc3c(cc(O)c4cc(OSOOO)ccc34)C1CCC2O. The number of hydrogen-bond acceptors (Lipinski definition) is 7. The average Bonchev–Trinajstić information content (AvgIpc) is 2.91. The third-order valence-corrected chi connectivity index (χ3v) is 6.37. The summed E-state index contributed by atoms with van der Waals surface area (Å²) < 4.78 is 9.42. The smallest absolute Gasteiger partial charge is 0.261 e. The Morgan fingerprint density at radius 2 is 2.04 bits per heavy atom. The average molecular weight is 364 g/mol. The van der Waals surface area contributed by atoms with Gasteiger partial charge in [0.1, 0.15) is 11.5 Å². The molecule has 1 fully saturated rings. The molecule has 7 heteroatoms. The lowest BCUT2D eigenvalue weighted by molar-refractivity contribution is -0.433. The minimum atomic E-state index is -0.273. The molecule has 3 unspecified atom stereocenters. The zero-order chi connectivity index (χ0) is 17.6. The highest BCUT2D eigenvalue weighted by Gasteiger charge is 2.49. The molecule has 0 aliphatic heterocycles. The fraction of sp³-hybridized carbons (Fsp3) is 0.444. The van der Waals surface area contributed by atoms with Crippen molar-refractivity contribution in [2.24, 2.45) is 5.41 Å². The van der Waals surface area contributed by atoms with E-state index in [1.54, 1.807) is 12.1 Å². The number of rotatable bonds is 4. The van der Waals surface area contributed by atoms with E-state index in [1.165, 1.54) is 5.56 Å². The molecule has 134 valence electrons. The summed E-state index contributed by atoms with van der Waals surface area (Å²) in [6.07, 6.45) is 3.32. The van der Waals surface area contributed by atoms with Crippen molar-refractivity contribution in [2.45, 2.75) is 44.6 Å². The summed E-state index contributed by atoms with van der Waals surface area (Å²) in [6, 6.07) is 7.29. The van der Waals surface area contributed by atoms with Crippen LogP contribution in [0.1, 0.15) is 43.2 Å². The van der Waals surface area contributed by atoms with Gasteiger partial charge in [0, 0.05) is 10.8 Å². The molecule has 0 radical (unpaired) electrons. The molecule has 0 bridgehead atoms. The summed E-state index contributed by atoms with van der Waals surface area (Å²) in [5, 5.41) is 34.3. The van der Waals surface area contributed by atoms with Gasteiger partial charge in [-0.3, -0.25) is 0 Å². The van der Waals surface area contributed by atoms with Crippen LogP contribution in [0.15, 0.2) is 24.3 Å². The lowest BCUT2D eigenvalue weighted by Gasteiger charge is -2.40. The van der Waals surface area contributed by atoms with E-state index in [0.29, 0.717) is 23.5 Å². The molecule has 3 atom stereocenters. The van der Waals surface area contributed by atoms with Gasteiger partial charge in [0.25, 0.3) is 12.3 Å². The Kier molecular flexibility index (Phi) is 4.29. The van der Waals surface area contributed by atoms with Gasteiger partial charge in [-0.15, -0.1) is 0 Å². The molecule has 2 aliphatic carbocycles. The third kappa shape index (κ3) is 2.67. The van der Waals surface area contributed by atoms with E-state index in [0.717, 1.165) is 36.6 Å². The molecule has 4 rings (SSSR count). The van der Waals surface area contributed by atoms with Gasteiger partial charge in [0.05, 0.1) is 6.10 Å². The molecule has 0 spiro atoms. The second-order valence-electron chi connectivity index (χ2n) is 7.12. The molecule has 0 heterocycles. The maximum absolute atomic E-state index is 10.6. The standard InChI is InChI=1S/C18H20O6S/c1-18-7-6-12-11-3-2-10(22-25-24-23-21)8-14(11)16(19)9-13(12)15(18)4-5-17(18)20/h2-3,8-9,15,17,19-21H,4-7H2,1H3. The zero-order valence-electron chi connectivity index (χ0n) is 13.8. The summed E-state index contributed by atoms with van der Waals surface area (Å²) in [5.41, 5.74) is 2.31. The molecule has 1 saturated carbocycles. The molecule has 0 saturated heterocycles. The Balaban J connectivity index is 1.76. The van der Waals surface area contributed by atoms with E-state index in [-0.39, 0.29) is 23.2 Å². The van der Waals surface area contributed by atoms with Crippen molar-refractivity contribution in [1.82, 2.24) is 0 Å². The largest absolute Gasteiger partial charge is 0.507 e. The first-order chi connectivity index (χ1) is 12.0. The van der Waals surface area contributed by atoms with Gasteiger partial charge in [-0.25, -0.2) is 5.26 Å². The molecule has 25 heavy (non-hydrogen) atoms. The van der Waals surface area contributed by atoms with Crippen LogP contribution in [0.25, 0.3) is 10.8 Å². The fourth-order valence-electron chi connectivity index (χ4n) is 4.64. The molecule has 2 aromatic carbocycles. The highest BCUT2D eigenvalue weighted by Crippen LogP contribution is 2.57. The van der Waals surface area contributed by atoms with Crippen molar-refractivity contribution < 1.29 is 29.0 Å². The molecule has 0 amide bonds. The Morgan fingerprint density at radius 1 is 1.20 bits per heavy atom. The first-order valence-electron chi connectivity index (χ1n) is 8.32. The van der Waals surface area contributed by atoms with Gasteiger partial charge in [-0.2, -0.15) is 0 Å². The lowest BCUT2D eigenvalue weighted by Crippen LogP contribution is -2.35. The van der Waals surface area contributed by atoms with Crippen molar-refractivity contribution in [2.75, 3.05) is 0 Å². The number of aryl methyl sites for hydroxylation is 1. The highest BCUT2D eigenvalue weighted by molar-refractivity contribution is 7.90. The van der Waals surface area contributed by atoms with Crippen molar-refractivity contribution in [3.05, 3.63) is 35.4 Å². The Bertz CT molecular complexity index is 810. The number of hydrogen-bond donors (Lipinski definition) is 3. The van der Waals surface area contributed by atoms with Gasteiger partial charge in [-0.05, 0) is 66.3 Å². The minimum Gasteiger partial charge on any atom is -0.507 e. The topological polar surface area (TPSA) is 88.4 Å². The number of phenols is 1. The van der Waals surface area contributed by atoms with Crippen LogP contribution < -0.4 is 4.18 Å². The highest BCUT2D eigenvalue weighted by atomic mass is 32.2. The van der Waals surface area contributed by atoms with Gasteiger partial charge in [0.2, 0.25) is 0 Å². The van der Waals surface area contributed by atoms with Gasteiger partial charge in [0.15, 0.2) is 0 Å². The Hall–Kier alpha value is -1.51. The van der Waals surface area contributed by atoms with Crippen molar-refractivity contribution in [3.63, 3.8) is 0 Å². The zero-order valence-corrected chi connectivity index (χ0v) is 14.6. The first kappa shape index (κ1) is 16.9. The molecular formula is C18H20O6S. The maximum Gasteiger partial charge on any atom is 0.261 e. The van der Waals surface area contributed by atoms with Crippen molar-refractivity contribution in [3.8, 4) is 11.5 Å². The fourth-order valence-corrected chi connectivity index (χ4v) is 4.87. The van der Waals surface area contributed by atoms with Crippen molar-refractivity contribution in [1.29, 1.82) is 0 Å². The number of benzene rings is 2. The molecular weight excluding hydrogens is 344 g/mol. The van der Waals surface area contributed by atoms with E-state index >= 15 is 0 Å². The van der Waals surface area contributed by atoms with Crippen LogP contribution in [-0.2, 0) is 15.8 Å². The maximum atomic E-state index is 10.6. The third-order valence-electron chi connectivity index (χ3n) is 6.00. The second-order valence-corrected chi connectivity index (χ2v) is 7.56. The Morgan fingerprint density at radius 3 is 2.84 bits per heavy atom. The van der Waals surface area contributed by atoms with E-state index in [2.05, 4.69) is 16.3 Å². The van der Waals surface area contributed by atoms with Gasteiger partial charge < -0.3 is 14.4 Å². The predicted molar refractivity (Wildman–Crippen MR) is 93.0 cm³/mol. The first-order valence-corrected chi connectivity index (χ1v) is 8.99. The number of aromatic hydroxyl groups is 1. The summed E-state index contributed by atoms with van der Waals surface area (Å²) in [7, 11) is 0. The monoisotopic (exact) mass is 364 g/mol. The number of phenolic OH excluding ortho intramolecular Hbond substituents is 1. The number of aliphatic hydroxyl groups is 1. The number of fused-ring (bicyclic) bond motifs is 5. The van der Waals surface area contributed by atoms with Crippen molar-refractivity contribution >= 4 is 23.1 Å². The van der Waals surface area contributed by atoms with Gasteiger partial charge >= 0.3 is 0 Å². The van der Waals surface area contributed by atoms with E-state index < -0.39 is 0 Å². The normalized spacial score (nSPS) is 28.0. The van der Waals surface area contributed by atoms with Crippen LogP contribution in [-0.4, -0.2) is 21.6 Å². The van der Waals surface area contributed by atoms with Crippen LogP contribution in [0.4, 0.5) is 0 Å². The molecule has 2 aliphatic rings. The minimum absolute atomic E-state index is 0.103.